The van der Waals surface area contributed by atoms with Crippen molar-refractivity contribution in [2.24, 2.45) is 0 Å². The third-order valence-corrected chi connectivity index (χ3v) is 15.9. The Bertz CT molecular complexity index is 4350. The fourth-order valence-corrected chi connectivity index (χ4v) is 12.6. The maximum Gasteiger partial charge on any atom is 0.160 e. The molecule has 3 heterocycles. The highest BCUT2D eigenvalue weighted by Gasteiger charge is 2.54. The number of nitrogens with zero attached hydrogens (tertiary/aromatic N) is 4. The summed E-state index contributed by atoms with van der Waals surface area (Å²) in [6.07, 6.45) is 4.01. The minimum absolute atomic E-state index is 0.763. The van der Waals surface area contributed by atoms with Crippen LogP contribution in [0.1, 0.15) is 33.6 Å². The SMILES string of the molecule is Cc1ccc(N(c2ccc(-c3ccccc3)cc2)c2cc3c(c4ccccc24)-c2c(cc(N(c4ccc(-c5ccccc5)cc4)c4ccc(C)nc4)c4oc5ccccc5c24)C32c3ccccc3-c3ccccc32)cn1. The summed E-state index contributed by atoms with van der Waals surface area (Å²) in [6, 6.07) is 88.4. The highest BCUT2D eigenvalue weighted by molar-refractivity contribution is 6.24. The second-order valence-corrected chi connectivity index (χ2v) is 20.1. The van der Waals surface area contributed by atoms with E-state index in [-0.39, 0.29) is 0 Å². The monoisotopic (exact) mass is 972 g/mol. The van der Waals surface area contributed by atoms with Crippen LogP contribution in [-0.2, 0) is 5.41 Å². The summed E-state index contributed by atoms with van der Waals surface area (Å²) in [4.78, 5) is 14.6. The van der Waals surface area contributed by atoms with Crippen LogP contribution in [-0.4, -0.2) is 9.97 Å². The first-order chi connectivity index (χ1) is 37.5. The van der Waals surface area contributed by atoms with Gasteiger partial charge in [-0.1, -0.05) is 176 Å². The molecule has 0 fully saturated rings. The van der Waals surface area contributed by atoms with E-state index < -0.39 is 5.41 Å². The lowest BCUT2D eigenvalue weighted by atomic mass is 9.70. The van der Waals surface area contributed by atoms with Crippen LogP contribution in [0.25, 0.3) is 77.2 Å². The Labute approximate surface area is 441 Å². The molecule has 0 unspecified atom stereocenters. The molecule has 0 atom stereocenters. The number of hydrogen-bond acceptors (Lipinski definition) is 5. The molecule has 1 spiro atoms. The molecule has 2 aliphatic carbocycles. The predicted molar refractivity (Wildman–Crippen MR) is 313 cm³/mol. The number of para-hydroxylation sites is 1. The van der Waals surface area contributed by atoms with Crippen LogP contribution < -0.4 is 9.80 Å². The molecular weight excluding hydrogens is 925 g/mol. The molecule has 15 rings (SSSR count). The van der Waals surface area contributed by atoms with Gasteiger partial charge in [-0.05, 0) is 153 Å². The van der Waals surface area contributed by atoms with Gasteiger partial charge >= 0.3 is 0 Å². The molecule has 0 N–H and O–H groups in total. The number of aromatic nitrogens is 2. The molecule has 0 bridgehead atoms. The Balaban J connectivity index is 1.07. The second-order valence-electron chi connectivity index (χ2n) is 20.1. The molecule has 5 nitrogen and oxygen atoms in total. The lowest BCUT2D eigenvalue weighted by Gasteiger charge is -2.33. The zero-order valence-electron chi connectivity index (χ0n) is 41.9. The Hall–Kier alpha value is -9.84. The summed E-state index contributed by atoms with van der Waals surface area (Å²) in [5, 5.41) is 4.45. The van der Waals surface area contributed by atoms with Gasteiger partial charge in [-0.15, -0.1) is 0 Å². The van der Waals surface area contributed by atoms with Gasteiger partial charge in [0.2, 0.25) is 0 Å². The molecule has 0 saturated heterocycles. The average molecular weight is 973 g/mol. The van der Waals surface area contributed by atoms with Crippen molar-refractivity contribution >= 4 is 66.8 Å². The Morgan fingerprint density at radius 1 is 0.355 bits per heavy atom. The zero-order valence-corrected chi connectivity index (χ0v) is 41.9. The number of furan rings is 1. The Morgan fingerprint density at radius 3 is 1.34 bits per heavy atom. The smallest absolute Gasteiger partial charge is 0.160 e. The molecule has 76 heavy (non-hydrogen) atoms. The fourth-order valence-electron chi connectivity index (χ4n) is 12.6. The zero-order chi connectivity index (χ0) is 50.5. The molecule has 358 valence electrons. The normalized spacial score (nSPS) is 12.7. The van der Waals surface area contributed by atoms with E-state index in [4.69, 9.17) is 14.4 Å². The predicted octanol–water partition coefficient (Wildman–Crippen LogP) is 18.8. The molecule has 5 heteroatoms. The molecule has 2 aliphatic rings. The number of benzene rings is 10. The van der Waals surface area contributed by atoms with Crippen LogP contribution in [0.15, 0.2) is 259 Å². The van der Waals surface area contributed by atoms with Gasteiger partial charge in [0.15, 0.2) is 5.58 Å². The maximum absolute atomic E-state index is 7.32. The lowest BCUT2D eigenvalue weighted by Crippen LogP contribution is -2.26. The Kier molecular flexibility index (Phi) is 9.85. The summed E-state index contributed by atoms with van der Waals surface area (Å²) < 4.78 is 7.32. The average Bonchev–Trinajstić information content (AvgIpc) is 4.18. The van der Waals surface area contributed by atoms with E-state index in [2.05, 4.69) is 252 Å². The van der Waals surface area contributed by atoms with Gasteiger partial charge in [-0.2, -0.15) is 0 Å². The quantitative estimate of drug-likeness (QED) is 0.152. The Morgan fingerprint density at radius 2 is 0.789 bits per heavy atom. The van der Waals surface area contributed by atoms with Crippen molar-refractivity contribution in [3.8, 4) is 44.5 Å². The van der Waals surface area contributed by atoms with Crippen molar-refractivity contribution in [2.75, 3.05) is 9.80 Å². The molecule has 3 aromatic heterocycles. The summed E-state index contributed by atoms with van der Waals surface area (Å²) in [7, 11) is 0. The summed E-state index contributed by atoms with van der Waals surface area (Å²) >= 11 is 0. The van der Waals surface area contributed by atoms with Gasteiger partial charge in [-0.3, -0.25) is 9.97 Å². The van der Waals surface area contributed by atoms with E-state index in [1.54, 1.807) is 0 Å². The minimum Gasteiger partial charge on any atom is -0.454 e. The van der Waals surface area contributed by atoms with Crippen LogP contribution >= 0.6 is 0 Å². The van der Waals surface area contributed by atoms with E-state index in [1.807, 2.05) is 26.2 Å². The van der Waals surface area contributed by atoms with Gasteiger partial charge < -0.3 is 14.2 Å². The lowest BCUT2D eigenvalue weighted by molar-refractivity contribution is 0.668. The molecule has 0 aliphatic heterocycles. The first-order valence-corrected chi connectivity index (χ1v) is 26.0. The summed E-state index contributed by atoms with van der Waals surface area (Å²) in [6.45, 7) is 4.09. The van der Waals surface area contributed by atoms with Crippen molar-refractivity contribution < 1.29 is 4.42 Å². The van der Waals surface area contributed by atoms with Gasteiger partial charge in [0.05, 0.1) is 40.6 Å². The van der Waals surface area contributed by atoms with Crippen LogP contribution in [0, 0.1) is 13.8 Å². The third kappa shape index (κ3) is 6.52. The van der Waals surface area contributed by atoms with Crippen molar-refractivity contribution in [3.63, 3.8) is 0 Å². The maximum atomic E-state index is 7.32. The standard InChI is InChI=1S/C71H48N4O/c1-45-29-35-53(43-72-45)74(51-37-31-49(32-38-51)47-17-5-3-6-18-47)64-41-62-67(58-24-10-9-23-57(58)64)69-63(71(62)60-26-14-11-21-55(60)56-22-12-15-27-61(56)71)42-65(70-68(69)59-25-13-16-28-66(59)76-70)75(54-36-30-46(2)73-44-54)52-39-33-50(34-40-52)48-19-7-4-8-20-48/h3-44H,1-2H3. The van der Waals surface area contributed by atoms with E-state index in [9.17, 15) is 0 Å². The molecule has 13 aromatic rings. The summed E-state index contributed by atoms with van der Waals surface area (Å²) in [5.74, 6) is 0. The van der Waals surface area contributed by atoms with E-state index in [0.717, 1.165) is 89.4 Å². The van der Waals surface area contributed by atoms with Crippen LogP contribution in [0.3, 0.4) is 0 Å². The first-order valence-electron chi connectivity index (χ1n) is 26.0. The minimum atomic E-state index is -0.763. The van der Waals surface area contributed by atoms with Crippen LogP contribution in [0.2, 0.25) is 0 Å². The molecule has 0 amide bonds. The van der Waals surface area contributed by atoms with E-state index in [0.29, 0.717) is 0 Å². The van der Waals surface area contributed by atoms with Crippen molar-refractivity contribution in [1.29, 1.82) is 0 Å². The molecular formula is C71H48N4O. The number of rotatable bonds is 8. The largest absolute Gasteiger partial charge is 0.454 e. The first kappa shape index (κ1) is 43.7. The van der Waals surface area contributed by atoms with E-state index >= 15 is 0 Å². The van der Waals surface area contributed by atoms with Gasteiger partial charge in [-0.25, -0.2) is 0 Å². The number of fused-ring (bicyclic) bond motifs is 16. The molecule has 0 saturated carbocycles. The highest BCUT2D eigenvalue weighted by atomic mass is 16.3. The van der Waals surface area contributed by atoms with Crippen molar-refractivity contribution in [2.45, 2.75) is 19.3 Å². The van der Waals surface area contributed by atoms with Crippen LogP contribution in [0.5, 0.6) is 0 Å². The van der Waals surface area contributed by atoms with Crippen molar-refractivity contribution in [3.05, 3.63) is 289 Å². The molecule has 10 aromatic carbocycles. The topological polar surface area (TPSA) is 45.4 Å². The third-order valence-electron chi connectivity index (χ3n) is 15.9. The van der Waals surface area contributed by atoms with Crippen LogP contribution in [0.4, 0.5) is 34.1 Å². The summed E-state index contributed by atoms with van der Waals surface area (Å²) in [5.41, 5.74) is 23.2. The van der Waals surface area contributed by atoms with E-state index in [1.165, 1.54) is 55.6 Å². The van der Waals surface area contributed by atoms with Gasteiger partial charge in [0.25, 0.3) is 0 Å². The van der Waals surface area contributed by atoms with Gasteiger partial charge in [0, 0.05) is 38.9 Å². The number of anilines is 6. The number of aryl methyl sites for hydroxylation is 2. The number of pyridine rings is 2. The highest BCUT2D eigenvalue weighted by Crippen LogP contribution is 2.67. The van der Waals surface area contributed by atoms with Crippen molar-refractivity contribution in [1.82, 2.24) is 9.97 Å². The van der Waals surface area contributed by atoms with Gasteiger partial charge in [0.1, 0.15) is 5.58 Å². The second kappa shape index (κ2) is 17.1. The fraction of sp³-hybridized carbons (Fsp3) is 0.0423. The molecule has 0 radical (unpaired) electrons. The number of hydrogen-bond donors (Lipinski definition) is 0.